The van der Waals surface area contributed by atoms with Crippen molar-refractivity contribution in [2.75, 3.05) is 5.73 Å². The maximum Gasteiger partial charge on any atom is 0.222 e. The zero-order chi connectivity index (χ0) is 10.1. The predicted octanol–water partition coefficient (Wildman–Crippen LogP) is 0.311. The Morgan fingerprint density at radius 3 is 3.14 bits per heavy atom. The summed E-state index contributed by atoms with van der Waals surface area (Å²) in [5.41, 5.74) is 7.33. The molecule has 0 aliphatic carbocycles. The van der Waals surface area contributed by atoms with Gasteiger partial charge in [0.2, 0.25) is 11.9 Å². The molecule has 0 fully saturated rings. The first-order valence-corrected chi connectivity index (χ1v) is 4.58. The van der Waals surface area contributed by atoms with Gasteiger partial charge in [0.25, 0.3) is 0 Å². The molecule has 1 aliphatic rings. The average Bonchev–Trinajstić information content (AvgIpc) is 2.59. The zero-order valence-corrected chi connectivity index (χ0v) is 8.03. The standard InChI is InChI=1S/C9H12N4O/c1-2-8(14)13-4-6-3-11-9(10)12-7(6)5-13/h3H,2,4-5H2,1H3,(H2,10,11,12). The Morgan fingerprint density at radius 1 is 1.64 bits per heavy atom. The lowest BCUT2D eigenvalue weighted by Gasteiger charge is -2.12. The van der Waals surface area contributed by atoms with Gasteiger partial charge in [-0.1, -0.05) is 6.92 Å². The molecule has 1 amide bonds. The minimum Gasteiger partial charge on any atom is -0.368 e. The van der Waals surface area contributed by atoms with E-state index < -0.39 is 0 Å². The summed E-state index contributed by atoms with van der Waals surface area (Å²) in [6.45, 7) is 3.03. The first-order chi connectivity index (χ1) is 6.70. The molecular formula is C9H12N4O. The summed E-state index contributed by atoms with van der Waals surface area (Å²) in [4.78, 5) is 21.2. The summed E-state index contributed by atoms with van der Waals surface area (Å²) in [6, 6.07) is 0. The Hall–Kier alpha value is -1.65. The van der Waals surface area contributed by atoms with Crippen LogP contribution in [0, 0.1) is 0 Å². The molecule has 2 N–H and O–H groups in total. The van der Waals surface area contributed by atoms with Crippen LogP contribution in [0.5, 0.6) is 0 Å². The van der Waals surface area contributed by atoms with E-state index in [4.69, 9.17) is 5.73 Å². The van der Waals surface area contributed by atoms with Crippen LogP contribution in [0.1, 0.15) is 24.6 Å². The number of nitrogen functional groups attached to an aromatic ring is 1. The Bertz CT molecular complexity index is 377. The number of carbonyl (C=O) groups excluding carboxylic acids is 1. The molecule has 0 atom stereocenters. The van der Waals surface area contributed by atoms with Crippen LogP contribution in [0.3, 0.4) is 0 Å². The first-order valence-electron chi connectivity index (χ1n) is 4.58. The van der Waals surface area contributed by atoms with Crippen molar-refractivity contribution in [1.82, 2.24) is 14.9 Å². The Balaban J connectivity index is 2.22. The van der Waals surface area contributed by atoms with Gasteiger partial charge in [0.1, 0.15) is 0 Å². The third kappa shape index (κ3) is 1.41. The maximum atomic E-state index is 11.4. The normalized spacial score (nSPS) is 14.2. The van der Waals surface area contributed by atoms with E-state index in [1.807, 2.05) is 6.92 Å². The van der Waals surface area contributed by atoms with E-state index in [0.29, 0.717) is 19.5 Å². The third-order valence-electron chi connectivity index (χ3n) is 2.33. The lowest BCUT2D eigenvalue weighted by Crippen LogP contribution is -2.24. The van der Waals surface area contributed by atoms with Gasteiger partial charge in [-0.05, 0) is 0 Å². The molecule has 74 valence electrons. The fourth-order valence-electron chi connectivity index (χ4n) is 1.57. The Kier molecular flexibility index (Phi) is 2.07. The fraction of sp³-hybridized carbons (Fsp3) is 0.444. The molecule has 1 aromatic rings. The second kappa shape index (κ2) is 3.25. The molecule has 2 heterocycles. The van der Waals surface area contributed by atoms with Crippen LogP contribution in [0.25, 0.3) is 0 Å². The second-order valence-electron chi connectivity index (χ2n) is 3.30. The van der Waals surface area contributed by atoms with E-state index >= 15 is 0 Å². The minimum atomic E-state index is 0.140. The number of nitrogens with zero attached hydrogens (tertiary/aromatic N) is 3. The van der Waals surface area contributed by atoms with Gasteiger partial charge in [-0.15, -0.1) is 0 Å². The molecule has 0 saturated carbocycles. The zero-order valence-electron chi connectivity index (χ0n) is 8.03. The SMILES string of the molecule is CCC(=O)N1Cc2cnc(N)nc2C1. The summed E-state index contributed by atoms with van der Waals surface area (Å²) in [5, 5.41) is 0. The van der Waals surface area contributed by atoms with Gasteiger partial charge in [0, 0.05) is 24.7 Å². The first kappa shape index (κ1) is 8.93. The van der Waals surface area contributed by atoms with Crippen LogP contribution in [0.2, 0.25) is 0 Å². The molecule has 1 aliphatic heterocycles. The minimum absolute atomic E-state index is 0.140. The van der Waals surface area contributed by atoms with E-state index in [0.717, 1.165) is 11.3 Å². The van der Waals surface area contributed by atoms with Gasteiger partial charge in [-0.3, -0.25) is 4.79 Å². The van der Waals surface area contributed by atoms with E-state index in [-0.39, 0.29) is 11.9 Å². The molecule has 0 spiro atoms. The third-order valence-corrected chi connectivity index (χ3v) is 2.33. The van der Waals surface area contributed by atoms with Gasteiger partial charge >= 0.3 is 0 Å². The molecular weight excluding hydrogens is 180 g/mol. The van der Waals surface area contributed by atoms with Crippen molar-refractivity contribution in [3.63, 3.8) is 0 Å². The number of hydrogen-bond donors (Lipinski definition) is 1. The molecule has 14 heavy (non-hydrogen) atoms. The smallest absolute Gasteiger partial charge is 0.222 e. The lowest BCUT2D eigenvalue weighted by molar-refractivity contribution is -0.131. The van der Waals surface area contributed by atoms with Gasteiger partial charge in [0.05, 0.1) is 12.2 Å². The number of anilines is 1. The number of rotatable bonds is 1. The summed E-state index contributed by atoms with van der Waals surface area (Å²) >= 11 is 0. The second-order valence-corrected chi connectivity index (χ2v) is 3.30. The van der Waals surface area contributed by atoms with Crippen LogP contribution in [0.4, 0.5) is 5.95 Å². The van der Waals surface area contributed by atoms with Crippen LogP contribution < -0.4 is 5.73 Å². The predicted molar refractivity (Wildman–Crippen MR) is 51.0 cm³/mol. The van der Waals surface area contributed by atoms with E-state index in [1.165, 1.54) is 0 Å². The summed E-state index contributed by atoms with van der Waals surface area (Å²) in [5.74, 6) is 0.413. The maximum absolute atomic E-state index is 11.4. The number of amides is 1. The molecule has 0 unspecified atom stereocenters. The highest BCUT2D eigenvalue weighted by Gasteiger charge is 2.23. The highest BCUT2D eigenvalue weighted by Crippen LogP contribution is 2.20. The Labute approximate surface area is 82.0 Å². The highest BCUT2D eigenvalue weighted by atomic mass is 16.2. The van der Waals surface area contributed by atoms with E-state index in [9.17, 15) is 4.79 Å². The largest absolute Gasteiger partial charge is 0.368 e. The number of hydrogen-bond acceptors (Lipinski definition) is 4. The average molecular weight is 192 g/mol. The fourth-order valence-corrected chi connectivity index (χ4v) is 1.57. The van der Waals surface area contributed by atoms with Crippen molar-refractivity contribution in [2.24, 2.45) is 0 Å². The van der Waals surface area contributed by atoms with Crippen molar-refractivity contribution in [1.29, 1.82) is 0 Å². The van der Waals surface area contributed by atoms with E-state index in [2.05, 4.69) is 9.97 Å². The monoisotopic (exact) mass is 192 g/mol. The molecule has 0 radical (unpaired) electrons. The quantitative estimate of drug-likeness (QED) is 0.695. The van der Waals surface area contributed by atoms with Crippen molar-refractivity contribution in [2.45, 2.75) is 26.4 Å². The number of carbonyl (C=O) groups is 1. The van der Waals surface area contributed by atoms with Gasteiger partial charge in [-0.2, -0.15) is 0 Å². The molecule has 1 aromatic heterocycles. The summed E-state index contributed by atoms with van der Waals surface area (Å²) in [6.07, 6.45) is 2.22. The summed E-state index contributed by atoms with van der Waals surface area (Å²) in [7, 11) is 0. The Morgan fingerprint density at radius 2 is 2.43 bits per heavy atom. The van der Waals surface area contributed by atoms with Crippen LogP contribution in [-0.2, 0) is 17.9 Å². The summed E-state index contributed by atoms with van der Waals surface area (Å²) < 4.78 is 0. The van der Waals surface area contributed by atoms with Gasteiger partial charge in [-0.25, -0.2) is 9.97 Å². The molecule has 0 bridgehead atoms. The molecule has 2 rings (SSSR count). The van der Waals surface area contributed by atoms with Crippen molar-refractivity contribution in [3.05, 3.63) is 17.5 Å². The van der Waals surface area contributed by atoms with Crippen molar-refractivity contribution in [3.8, 4) is 0 Å². The highest BCUT2D eigenvalue weighted by molar-refractivity contribution is 5.76. The van der Waals surface area contributed by atoms with Gasteiger partial charge in [0.15, 0.2) is 0 Å². The molecule has 0 aromatic carbocycles. The van der Waals surface area contributed by atoms with Crippen LogP contribution in [0.15, 0.2) is 6.20 Å². The van der Waals surface area contributed by atoms with Crippen molar-refractivity contribution < 1.29 is 4.79 Å². The number of aromatic nitrogens is 2. The van der Waals surface area contributed by atoms with Crippen molar-refractivity contribution >= 4 is 11.9 Å². The van der Waals surface area contributed by atoms with Crippen LogP contribution >= 0.6 is 0 Å². The van der Waals surface area contributed by atoms with Gasteiger partial charge < -0.3 is 10.6 Å². The topological polar surface area (TPSA) is 72.1 Å². The molecule has 5 heteroatoms. The molecule has 0 saturated heterocycles. The number of fused-ring (bicyclic) bond motifs is 1. The lowest BCUT2D eigenvalue weighted by atomic mass is 10.3. The number of nitrogens with two attached hydrogens (primary N) is 1. The molecule has 5 nitrogen and oxygen atoms in total. The van der Waals surface area contributed by atoms with Crippen LogP contribution in [-0.4, -0.2) is 20.8 Å². The van der Waals surface area contributed by atoms with E-state index in [1.54, 1.807) is 11.1 Å².